The van der Waals surface area contributed by atoms with Crippen molar-refractivity contribution in [3.05, 3.63) is 42.0 Å². The maximum absolute atomic E-state index is 13.2. The molecule has 6 heteroatoms. The second kappa shape index (κ2) is 5.77. The van der Waals surface area contributed by atoms with Crippen LogP contribution >= 0.6 is 0 Å². The van der Waals surface area contributed by atoms with Gasteiger partial charge in [0.15, 0.2) is 11.5 Å². The highest BCUT2D eigenvalue weighted by molar-refractivity contribution is 5.92. The molecule has 2 bridgehead atoms. The second-order valence-corrected chi connectivity index (χ2v) is 6.24. The Morgan fingerprint density at radius 2 is 2.13 bits per heavy atom. The Hall–Kier alpha value is -2.21. The van der Waals surface area contributed by atoms with Crippen LogP contribution in [0.5, 0.6) is 0 Å². The Bertz CT molecular complexity index is 722. The average Bonchev–Trinajstić information content (AvgIpc) is 3.06. The van der Waals surface area contributed by atoms with Gasteiger partial charge >= 0.3 is 0 Å². The van der Waals surface area contributed by atoms with Gasteiger partial charge in [0.25, 0.3) is 5.91 Å². The molecule has 3 fully saturated rings. The molecular formula is C17H18FN3O2. The lowest BCUT2D eigenvalue weighted by molar-refractivity contribution is 0.0606. The lowest BCUT2D eigenvalue weighted by Gasteiger charge is -2.44. The summed E-state index contributed by atoms with van der Waals surface area (Å²) < 4.78 is 18.8. The largest absolute Gasteiger partial charge is 0.449 e. The summed E-state index contributed by atoms with van der Waals surface area (Å²) in [4.78, 5) is 18.8. The van der Waals surface area contributed by atoms with Crippen molar-refractivity contribution in [2.75, 3.05) is 19.6 Å². The molecule has 3 aliphatic rings. The first kappa shape index (κ1) is 14.4. The van der Waals surface area contributed by atoms with Crippen LogP contribution < -0.4 is 5.32 Å². The number of furan rings is 1. The summed E-state index contributed by atoms with van der Waals surface area (Å²) in [6.07, 6.45) is 3.66. The number of nitrogens with one attached hydrogen (secondary N) is 1. The molecule has 120 valence electrons. The molecule has 2 aromatic heterocycles. The molecule has 0 saturated carbocycles. The van der Waals surface area contributed by atoms with Gasteiger partial charge in [0.2, 0.25) is 0 Å². The zero-order chi connectivity index (χ0) is 15.8. The maximum Gasteiger partial charge on any atom is 0.287 e. The highest BCUT2D eigenvalue weighted by atomic mass is 19.1. The molecule has 1 N–H and O–H groups in total. The molecule has 0 radical (unpaired) electrons. The van der Waals surface area contributed by atoms with Crippen molar-refractivity contribution in [2.45, 2.75) is 18.9 Å². The molecule has 5 nitrogen and oxygen atoms in total. The molecule has 1 atom stereocenters. The third kappa shape index (κ3) is 2.86. The number of aromatic nitrogens is 1. The molecule has 5 heterocycles. The Balaban J connectivity index is 1.47. The van der Waals surface area contributed by atoms with Crippen molar-refractivity contribution in [3.8, 4) is 11.5 Å². The van der Waals surface area contributed by atoms with Gasteiger partial charge in [0.05, 0.1) is 0 Å². The summed E-state index contributed by atoms with van der Waals surface area (Å²) in [5.74, 6) is 0.588. The van der Waals surface area contributed by atoms with Crippen LogP contribution in [0.4, 0.5) is 4.39 Å². The summed E-state index contributed by atoms with van der Waals surface area (Å²) in [6, 6.07) is 6.00. The van der Waals surface area contributed by atoms with Crippen molar-refractivity contribution in [2.24, 2.45) is 5.92 Å². The molecule has 0 unspecified atom stereocenters. The van der Waals surface area contributed by atoms with Crippen LogP contribution in [0, 0.1) is 11.7 Å². The fourth-order valence-electron chi connectivity index (χ4n) is 3.51. The Kier molecular flexibility index (Phi) is 3.61. The van der Waals surface area contributed by atoms with E-state index in [9.17, 15) is 9.18 Å². The van der Waals surface area contributed by atoms with Crippen LogP contribution in [0.3, 0.4) is 0 Å². The van der Waals surface area contributed by atoms with E-state index in [1.807, 2.05) is 0 Å². The molecule has 3 aliphatic heterocycles. The van der Waals surface area contributed by atoms with Crippen molar-refractivity contribution < 1.29 is 13.6 Å². The number of hydrogen-bond donors (Lipinski definition) is 1. The summed E-state index contributed by atoms with van der Waals surface area (Å²) in [6.45, 7) is 3.18. The normalized spacial score (nSPS) is 26.2. The first-order chi connectivity index (χ1) is 11.2. The highest BCUT2D eigenvalue weighted by Gasteiger charge is 2.35. The molecule has 1 amide bonds. The van der Waals surface area contributed by atoms with Gasteiger partial charge in [-0.25, -0.2) is 4.39 Å². The second-order valence-electron chi connectivity index (χ2n) is 6.24. The van der Waals surface area contributed by atoms with Crippen LogP contribution in [0.2, 0.25) is 0 Å². The standard InChI is InChI=1S/C17H18FN3O2/c18-12-3-6-19-13(9-12)15-1-2-16(23-15)17(22)20-14-10-21-7-4-11(14)5-8-21/h1-3,6,9,11,14H,4-5,7-8,10H2,(H,20,22)/t14-/m0/s1. The molecule has 0 aromatic carbocycles. The van der Waals surface area contributed by atoms with E-state index in [1.165, 1.54) is 18.3 Å². The van der Waals surface area contributed by atoms with Gasteiger partial charge < -0.3 is 14.6 Å². The smallest absolute Gasteiger partial charge is 0.287 e. The fraction of sp³-hybridized carbons (Fsp3) is 0.412. The summed E-state index contributed by atoms with van der Waals surface area (Å²) >= 11 is 0. The zero-order valence-corrected chi connectivity index (χ0v) is 12.7. The summed E-state index contributed by atoms with van der Waals surface area (Å²) in [5.41, 5.74) is 0.381. The lowest BCUT2D eigenvalue weighted by Crippen LogP contribution is -2.57. The van der Waals surface area contributed by atoms with Gasteiger partial charge in [-0.2, -0.15) is 0 Å². The van der Waals surface area contributed by atoms with Crippen molar-refractivity contribution in [1.29, 1.82) is 0 Å². The van der Waals surface area contributed by atoms with Crippen molar-refractivity contribution in [1.82, 2.24) is 15.2 Å². The van der Waals surface area contributed by atoms with Gasteiger partial charge in [0.1, 0.15) is 11.5 Å². The number of carbonyl (C=O) groups excluding carboxylic acids is 1. The highest BCUT2D eigenvalue weighted by Crippen LogP contribution is 2.28. The molecule has 0 spiro atoms. The van der Waals surface area contributed by atoms with E-state index in [0.29, 0.717) is 17.4 Å². The predicted molar refractivity (Wildman–Crippen MR) is 82.3 cm³/mol. The third-order valence-corrected chi connectivity index (χ3v) is 4.78. The van der Waals surface area contributed by atoms with E-state index < -0.39 is 0 Å². The van der Waals surface area contributed by atoms with Gasteiger partial charge in [-0.05, 0) is 50.0 Å². The minimum atomic E-state index is -0.385. The van der Waals surface area contributed by atoms with Gasteiger partial charge in [0, 0.05) is 24.8 Å². The van der Waals surface area contributed by atoms with E-state index >= 15 is 0 Å². The molecule has 5 rings (SSSR count). The van der Waals surface area contributed by atoms with E-state index in [1.54, 1.807) is 12.1 Å². The average molecular weight is 315 g/mol. The SMILES string of the molecule is O=C(N[C@H]1CN2CCC1CC2)c1ccc(-c2cc(F)ccn2)o1. The number of pyridine rings is 1. The van der Waals surface area contributed by atoms with Crippen LogP contribution in [-0.2, 0) is 0 Å². The number of halogens is 1. The number of carbonyl (C=O) groups is 1. The molecule has 23 heavy (non-hydrogen) atoms. The summed E-state index contributed by atoms with van der Waals surface area (Å²) in [5, 5.41) is 3.07. The zero-order valence-electron chi connectivity index (χ0n) is 12.7. The quantitative estimate of drug-likeness (QED) is 0.944. The Morgan fingerprint density at radius 3 is 2.83 bits per heavy atom. The van der Waals surface area contributed by atoms with E-state index in [-0.39, 0.29) is 23.5 Å². The lowest BCUT2D eigenvalue weighted by atomic mass is 9.84. The van der Waals surface area contributed by atoms with E-state index in [2.05, 4.69) is 15.2 Å². The van der Waals surface area contributed by atoms with Crippen LogP contribution in [-0.4, -0.2) is 41.5 Å². The van der Waals surface area contributed by atoms with Gasteiger partial charge in [-0.3, -0.25) is 9.78 Å². The number of piperidine rings is 3. The minimum absolute atomic E-state index is 0.186. The molecule has 2 aromatic rings. The van der Waals surface area contributed by atoms with Crippen LogP contribution in [0.1, 0.15) is 23.4 Å². The minimum Gasteiger partial charge on any atom is -0.449 e. The Labute approximate surface area is 133 Å². The van der Waals surface area contributed by atoms with Gasteiger partial charge in [-0.15, -0.1) is 0 Å². The maximum atomic E-state index is 13.2. The van der Waals surface area contributed by atoms with Crippen LogP contribution in [0.25, 0.3) is 11.5 Å². The molecule has 3 saturated heterocycles. The molecule has 0 aliphatic carbocycles. The number of rotatable bonds is 3. The first-order valence-electron chi connectivity index (χ1n) is 7.94. The monoisotopic (exact) mass is 315 g/mol. The number of fused-ring (bicyclic) bond motifs is 3. The first-order valence-corrected chi connectivity index (χ1v) is 7.94. The molecular weight excluding hydrogens is 297 g/mol. The van der Waals surface area contributed by atoms with Crippen LogP contribution in [0.15, 0.2) is 34.9 Å². The predicted octanol–water partition coefficient (Wildman–Crippen LogP) is 2.30. The Morgan fingerprint density at radius 1 is 1.30 bits per heavy atom. The van der Waals surface area contributed by atoms with E-state index in [0.717, 1.165) is 32.5 Å². The topological polar surface area (TPSA) is 58.4 Å². The number of nitrogens with zero attached hydrogens (tertiary/aromatic N) is 2. The fourth-order valence-corrected chi connectivity index (χ4v) is 3.51. The number of hydrogen-bond acceptors (Lipinski definition) is 4. The number of amides is 1. The third-order valence-electron chi connectivity index (χ3n) is 4.78. The van der Waals surface area contributed by atoms with E-state index in [4.69, 9.17) is 4.42 Å². The summed E-state index contributed by atoms with van der Waals surface area (Å²) in [7, 11) is 0. The van der Waals surface area contributed by atoms with Gasteiger partial charge in [-0.1, -0.05) is 0 Å². The van der Waals surface area contributed by atoms with Crippen molar-refractivity contribution in [3.63, 3.8) is 0 Å². The van der Waals surface area contributed by atoms with Crippen molar-refractivity contribution >= 4 is 5.91 Å².